The Morgan fingerprint density at radius 1 is 1.26 bits per heavy atom. The van der Waals surface area contributed by atoms with E-state index in [1.54, 1.807) is 0 Å². The highest BCUT2D eigenvalue weighted by Crippen LogP contribution is 2.46. The van der Waals surface area contributed by atoms with Crippen LogP contribution in [0.1, 0.15) is 41.6 Å². The Kier molecular flexibility index (Phi) is 3.21. The molecule has 3 rings (SSSR count). The summed E-state index contributed by atoms with van der Waals surface area (Å²) in [4.78, 5) is 11.6. The number of hydrogen-bond acceptors (Lipinski definition) is 3. The van der Waals surface area contributed by atoms with Crippen molar-refractivity contribution in [2.24, 2.45) is 11.8 Å². The molecule has 19 heavy (non-hydrogen) atoms. The number of carbonyl (C=O) groups is 1. The number of rotatable bonds is 5. The lowest BCUT2D eigenvalue weighted by Gasteiger charge is -2.21. The number of anilines is 1. The molecule has 3 nitrogen and oxygen atoms in total. The van der Waals surface area contributed by atoms with Crippen LogP contribution in [0.5, 0.6) is 0 Å². The zero-order chi connectivity index (χ0) is 13.4. The summed E-state index contributed by atoms with van der Waals surface area (Å²) in [6.07, 6.45) is 5.40. The van der Waals surface area contributed by atoms with Crippen LogP contribution in [-0.4, -0.2) is 19.1 Å². The standard InChI is InChI=1S/C16H21NO2/c1-10-3-4-13(16(18)19-2)9-14(10)17-15(11-5-6-11)12-7-8-12/h3-4,9,11-12,15,17H,5-8H2,1-2H3. The fourth-order valence-corrected chi connectivity index (χ4v) is 2.73. The van der Waals surface area contributed by atoms with E-state index in [0.717, 1.165) is 17.5 Å². The summed E-state index contributed by atoms with van der Waals surface area (Å²) in [5.41, 5.74) is 2.91. The van der Waals surface area contributed by atoms with Gasteiger partial charge in [0.05, 0.1) is 12.7 Å². The smallest absolute Gasteiger partial charge is 0.337 e. The summed E-state index contributed by atoms with van der Waals surface area (Å²) in [5.74, 6) is 1.42. The first kappa shape index (κ1) is 12.5. The molecule has 2 fully saturated rings. The lowest BCUT2D eigenvalue weighted by atomic mass is 10.0. The Balaban J connectivity index is 1.80. The second kappa shape index (κ2) is 4.87. The van der Waals surface area contributed by atoms with Gasteiger partial charge in [0.25, 0.3) is 0 Å². The number of ether oxygens (including phenoxy) is 1. The van der Waals surface area contributed by atoms with Crippen molar-refractivity contribution >= 4 is 11.7 Å². The number of esters is 1. The van der Waals surface area contributed by atoms with Crippen molar-refractivity contribution in [3.05, 3.63) is 29.3 Å². The highest BCUT2D eigenvalue weighted by Gasteiger charge is 2.41. The summed E-state index contributed by atoms with van der Waals surface area (Å²) in [6, 6.07) is 6.35. The Labute approximate surface area is 114 Å². The Morgan fingerprint density at radius 2 is 1.89 bits per heavy atom. The van der Waals surface area contributed by atoms with Crippen LogP contribution in [0.3, 0.4) is 0 Å². The van der Waals surface area contributed by atoms with E-state index in [9.17, 15) is 4.79 Å². The summed E-state index contributed by atoms with van der Waals surface area (Å²) in [6.45, 7) is 2.08. The highest BCUT2D eigenvalue weighted by atomic mass is 16.5. The lowest BCUT2D eigenvalue weighted by Crippen LogP contribution is -2.24. The van der Waals surface area contributed by atoms with Gasteiger partial charge >= 0.3 is 5.97 Å². The molecule has 0 radical (unpaired) electrons. The highest BCUT2D eigenvalue weighted by molar-refractivity contribution is 5.90. The second-order valence-electron chi connectivity index (χ2n) is 5.87. The monoisotopic (exact) mass is 259 g/mol. The number of benzene rings is 1. The summed E-state index contributed by atoms with van der Waals surface area (Å²) in [7, 11) is 1.42. The van der Waals surface area contributed by atoms with Crippen LogP contribution in [0.2, 0.25) is 0 Å². The number of nitrogens with one attached hydrogen (secondary N) is 1. The molecule has 0 amide bonds. The quantitative estimate of drug-likeness (QED) is 0.824. The molecule has 1 aromatic rings. The van der Waals surface area contributed by atoms with Crippen LogP contribution in [0.25, 0.3) is 0 Å². The van der Waals surface area contributed by atoms with Crippen molar-refractivity contribution in [2.75, 3.05) is 12.4 Å². The third-order valence-corrected chi connectivity index (χ3v) is 4.24. The molecule has 102 valence electrons. The molecule has 0 atom stereocenters. The number of aryl methyl sites for hydroxylation is 1. The van der Waals surface area contributed by atoms with Crippen molar-refractivity contribution < 1.29 is 9.53 Å². The van der Waals surface area contributed by atoms with Gasteiger partial charge < -0.3 is 10.1 Å². The summed E-state index contributed by atoms with van der Waals surface area (Å²) in [5, 5.41) is 3.68. The van der Waals surface area contributed by atoms with Gasteiger partial charge in [-0.25, -0.2) is 4.79 Å². The van der Waals surface area contributed by atoms with E-state index in [2.05, 4.69) is 12.2 Å². The molecule has 1 aromatic carbocycles. The van der Waals surface area contributed by atoms with E-state index in [1.165, 1.54) is 38.4 Å². The van der Waals surface area contributed by atoms with E-state index in [-0.39, 0.29) is 5.97 Å². The van der Waals surface area contributed by atoms with Crippen LogP contribution >= 0.6 is 0 Å². The molecule has 2 aliphatic rings. The average molecular weight is 259 g/mol. The fourth-order valence-electron chi connectivity index (χ4n) is 2.73. The van der Waals surface area contributed by atoms with Crippen LogP contribution in [-0.2, 0) is 4.74 Å². The van der Waals surface area contributed by atoms with Crippen LogP contribution in [0.15, 0.2) is 18.2 Å². The van der Waals surface area contributed by atoms with Crippen LogP contribution < -0.4 is 5.32 Å². The molecule has 0 unspecified atom stereocenters. The number of methoxy groups -OCH3 is 1. The van der Waals surface area contributed by atoms with Gasteiger partial charge in [-0.2, -0.15) is 0 Å². The Bertz CT molecular complexity index is 478. The maximum Gasteiger partial charge on any atom is 0.337 e. The zero-order valence-electron chi connectivity index (χ0n) is 11.6. The van der Waals surface area contributed by atoms with Gasteiger partial charge in [0.2, 0.25) is 0 Å². The average Bonchev–Trinajstić information content (AvgIpc) is 3.29. The summed E-state index contributed by atoms with van der Waals surface area (Å²) < 4.78 is 4.79. The van der Waals surface area contributed by atoms with Crippen LogP contribution in [0.4, 0.5) is 5.69 Å². The molecular weight excluding hydrogens is 238 g/mol. The predicted molar refractivity (Wildman–Crippen MR) is 75.4 cm³/mol. The zero-order valence-corrected chi connectivity index (χ0v) is 11.6. The van der Waals surface area contributed by atoms with Crippen molar-refractivity contribution in [2.45, 2.75) is 38.6 Å². The maximum atomic E-state index is 11.6. The molecule has 3 heteroatoms. The predicted octanol–water partition coefficient (Wildman–Crippen LogP) is 3.38. The van der Waals surface area contributed by atoms with Crippen molar-refractivity contribution in [1.82, 2.24) is 0 Å². The minimum atomic E-state index is -0.266. The topological polar surface area (TPSA) is 38.3 Å². The molecule has 0 bridgehead atoms. The van der Waals surface area contributed by atoms with Gasteiger partial charge in [-0.15, -0.1) is 0 Å². The van der Waals surface area contributed by atoms with Crippen molar-refractivity contribution in [1.29, 1.82) is 0 Å². The molecule has 2 saturated carbocycles. The van der Waals surface area contributed by atoms with E-state index < -0.39 is 0 Å². The third-order valence-electron chi connectivity index (χ3n) is 4.24. The number of hydrogen-bond donors (Lipinski definition) is 1. The molecule has 1 N–H and O–H groups in total. The first-order chi connectivity index (χ1) is 9.19. The molecule has 0 spiro atoms. The van der Waals surface area contributed by atoms with E-state index >= 15 is 0 Å². The number of carbonyl (C=O) groups excluding carboxylic acids is 1. The van der Waals surface area contributed by atoms with E-state index in [1.807, 2.05) is 18.2 Å². The minimum absolute atomic E-state index is 0.266. The summed E-state index contributed by atoms with van der Waals surface area (Å²) >= 11 is 0. The van der Waals surface area contributed by atoms with E-state index in [0.29, 0.717) is 11.6 Å². The molecule has 0 heterocycles. The molecule has 0 aliphatic heterocycles. The SMILES string of the molecule is COC(=O)c1ccc(C)c(NC(C2CC2)C2CC2)c1. The minimum Gasteiger partial charge on any atom is -0.465 e. The lowest BCUT2D eigenvalue weighted by molar-refractivity contribution is 0.0601. The Hall–Kier alpha value is -1.51. The van der Waals surface area contributed by atoms with Crippen molar-refractivity contribution in [3.63, 3.8) is 0 Å². The van der Waals surface area contributed by atoms with Gasteiger partial charge in [-0.1, -0.05) is 6.07 Å². The Morgan fingerprint density at radius 3 is 2.42 bits per heavy atom. The van der Waals surface area contributed by atoms with Gasteiger partial charge in [0.1, 0.15) is 0 Å². The van der Waals surface area contributed by atoms with Gasteiger partial charge in [0, 0.05) is 11.7 Å². The normalized spacial score (nSPS) is 18.5. The van der Waals surface area contributed by atoms with Gasteiger partial charge in [-0.3, -0.25) is 0 Å². The first-order valence-electron chi connectivity index (χ1n) is 7.14. The molecule has 0 aromatic heterocycles. The molecule has 2 aliphatic carbocycles. The van der Waals surface area contributed by atoms with Crippen molar-refractivity contribution in [3.8, 4) is 0 Å². The third kappa shape index (κ3) is 2.75. The second-order valence-corrected chi connectivity index (χ2v) is 5.87. The largest absolute Gasteiger partial charge is 0.465 e. The first-order valence-corrected chi connectivity index (χ1v) is 7.14. The van der Waals surface area contributed by atoms with Gasteiger partial charge in [-0.05, 0) is 62.1 Å². The van der Waals surface area contributed by atoms with Crippen LogP contribution in [0, 0.1) is 18.8 Å². The fraction of sp³-hybridized carbons (Fsp3) is 0.562. The molecular formula is C16H21NO2. The molecule has 0 saturated heterocycles. The van der Waals surface area contributed by atoms with E-state index in [4.69, 9.17) is 4.74 Å². The maximum absolute atomic E-state index is 11.6. The van der Waals surface area contributed by atoms with Gasteiger partial charge in [0.15, 0.2) is 0 Å².